The lowest BCUT2D eigenvalue weighted by molar-refractivity contribution is 0.273. The monoisotopic (exact) mass is 274 g/mol. The van der Waals surface area contributed by atoms with Crippen LogP contribution in [0.1, 0.15) is 36.4 Å². The van der Waals surface area contributed by atoms with Crippen molar-refractivity contribution >= 4 is 0 Å². The zero-order valence-electron chi connectivity index (χ0n) is 12.6. The molecule has 0 aromatic heterocycles. The van der Waals surface area contributed by atoms with Gasteiger partial charge in [0.15, 0.2) is 0 Å². The van der Waals surface area contributed by atoms with Gasteiger partial charge in [0.05, 0.1) is 6.61 Å². The first kappa shape index (κ1) is 13.9. The maximum atomic E-state index is 6.09. The molecule has 1 saturated carbocycles. The fourth-order valence-corrected chi connectivity index (χ4v) is 3.19. The Hall–Kier alpha value is -1.06. The van der Waals surface area contributed by atoms with E-state index in [-0.39, 0.29) is 0 Å². The van der Waals surface area contributed by atoms with Crippen molar-refractivity contribution in [1.29, 1.82) is 0 Å². The summed E-state index contributed by atoms with van der Waals surface area (Å²) in [6.07, 6.45) is 3.82. The quantitative estimate of drug-likeness (QED) is 0.897. The van der Waals surface area contributed by atoms with Crippen LogP contribution in [0.2, 0.25) is 0 Å². The van der Waals surface area contributed by atoms with Crippen molar-refractivity contribution in [1.82, 2.24) is 4.90 Å². The third-order valence-electron chi connectivity index (χ3n) is 4.66. The zero-order chi connectivity index (χ0) is 14.1. The SMILES string of the molecule is Cc1ccc(OCC2CC2)c(C2CC(CN)CN2C)c1. The van der Waals surface area contributed by atoms with E-state index in [9.17, 15) is 0 Å². The summed E-state index contributed by atoms with van der Waals surface area (Å²) in [7, 11) is 2.20. The van der Waals surface area contributed by atoms with Crippen LogP contribution in [0, 0.1) is 18.8 Å². The lowest BCUT2D eigenvalue weighted by atomic mass is 9.97. The smallest absolute Gasteiger partial charge is 0.124 e. The first-order valence-corrected chi connectivity index (χ1v) is 7.81. The van der Waals surface area contributed by atoms with Crippen molar-refractivity contribution in [3.8, 4) is 5.75 Å². The molecule has 2 fully saturated rings. The molecule has 3 nitrogen and oxygen atoms in total. The highest BCUT2D eigenvalue weighted by Crippen LogP contribution is 2.39. The second kappa shape index (κ2) is 5.74. The fraction of sp³-hybridized carbons (Fsp3) is 0.647. The maximum Gasteiger partial charge on any atom is 0.124 e. The molecule has 3 rings (SSSR count). The zero-order valence-corrected chi connectivity index (χ0v) is 12.6. The van der Waals surface area contributed by atoms with E-state index in [0.29, 0.717) is 12.0 Å². The fourth-order valence-electron chi connectivity index (χ4n) is 3.19. The molecule has 110 valence electrons. The van der Waals surface area contributed by atoms with Crippen LogP contribution in [0.15, 0.2) is 18.2 Å². The molecule has 2 unspecified atom stereocenters. The molecule has 1 aromatic carbocycles. The lowest BCUT2D eigenvalue weighted by Crippen LogP contribution is -2.21. The summed E-state index contributed by atoms with van der Waals surface area (Å²) >= 11 is 0. The highest BCUT2D eigenvalue weighted by atomic mass is 16.5. The van der Waals surface area contributed by atoms with Crippen LogP contribution in [0.25, 0.3) is 0 Å². The maximum absolute atomic E-state index is 6.09. The molecule has 2 N–H and O–H groups in total. The average molecular weight is 274 g/mol. The summed E-state index contributed by atoms with van der Waals surface area (Å²) in [5.41, 5.74) is 8.51. The topological polar surface area (TPSA) is 38.5 Å². The molecule has 2 aliphatic rings. The van der Waals surface area contributed by atoms with Gasteiger partial charge in [-0.15, -0.1) is 0 Å². The summed E-state index contributed by atoms with van der Waals surface area (Å²) in [6.45, 7) is 4.92. The summed E-state index contributed by atoms with van der Waals surface area (Å²) in [5.74, 6) is 2.49. The van der Waals surface area contributed by atoms with Crippen LogP contribution >= 0.6 is 0 Å². The molecule has 0 bridgehead atoms. The van der Waals surface area contributed by atoms with E-state index < -0.39 is 0 Å². The number of nitrogens with zero attached hydrogens (tertiary/aromatic N) is 1. The van der Waals surface area contributed by atoms with Crippen LogP contribution in [-0.2, 0) is 0 Å². The van der Waals surface area contributed by atoms with Gasteiger partial charge in [-0.25, -0.2) is 0 Å². The Labute approximate surface area is 122 Å². The second-order valence-corrected chi connectivity index (χ2v) is 6.59. The van der Waals surface area contributed by atoms with E-state index >= 15 is 0 Å². The molecule has 1 aromatic rings. The van der Waals surface area contributed by atoms with Crippen molar-refractivity contribution in [3.05, 3.63) is 29.3 Å². The van der Waals surface area contributed by atoms with Gasteiger partial charge in [0.25, 0.3) is 0 Å². The molecule has 1 heterocycles. The van der Waals surface area contributed by atoms with Gasteiger partial charge in [0.1, 0.15) is 5.75 Å². The Morgan fingerprint density at radius 2 is 2.10 bits per heavy atom. The number of rotatable bonds is 5. The molecule has 20 heavy (non-hydrogen) atoms. The van der Waals surface area contributed by atoms with Gasteiger partial charge in [0, 0.05) is 18.2 Å². The third-order valence-corrected chi connectivity index (χ3v) is 4.66. The van der Waals surface area contributed by atoms with Gasteiger partial charge in [-0.2, -0.15) is 0 Å². The summed E-state index contributed by atoms with van der Waals surface area (Å²) in [4.78, 5) is 2.43. The van der Waals surface area contributed by atoms with Gasteiger partial charge in [-0.05, 0) is 57.7 Å². The Morgan fingerprint density at radius 1 is 1.30 bits per heavy atom. The molecule has 0 amide bonds. The Bertz CT molecular complexity index is 470. The predicted octanol–water partition coefficient (Wildman–Crippen LogP) is 2.74. The highest BCUT2D eigenvalue weighted by molar-refractivity contribution is 5.39. The minimum absolute atomic E-state index is 0.456. The van der Waals surface area contributed by atoms with E-state index in [0.717, 1.165) is 37.8 Å². The average Bonchev–Trinajstić information content (AvgIpc) is 3.19. The molecule has 3 heteroatoms. The lowest BCUT2D eigenvalue weighted by Gasteiger charge is -2.23. The number of aryl methyl sites for hydroxylation is 1. The normalized spacial score (nSPS) is 26.9. The first-order valence-electron chi connectivity index (χ1n) is 7.81. The molecule has 0 spiro atoms. The minimum atomic E-state index is 0.456. The van der Waals surface area contributed by atoms with Crippen molar-refractivity contribution in [2.24, 2.45) is 17.6 Å². The molecule has 1 aliphatic heterocycles. The van der Waals surface area contributed by atoms with Crippen molar-refractivity contribution < 1.29 is 4.74 Å². The molecular weight excluding hydrogens is 248 g/mol. The van der Waals surface area contributed by atoms with Crippen molar-refractivity contribution in [2.45, 2.75) is 32.2 Å². The minimum Gasteiger partial charge on any atom is -0.493 e. The Morgan fingerprint density at radius 3 is 2.75 bits per heavy atom. The number of nitrogens with two attached hydrogens (primary N) is 1. The van der Waals surface area contributed by atoms with Crippen molar-refractivity contribution in [2.75, 3.05) is 26.7 Å². The number of likely N-dealkylation sites (tertiary alicyclic amines) is 1. The number of benzene rings is 1. The molecule has 1 saturated heterocycles. The van der Waals surface area contributed by atoms with E-state index in [4.69, 9.17) is 10.5 Å². The van der Waals surface area contributed by atoms with Crippen LogP contribution in [0.4, 0.5) is 0 Å². The molecular formula is C17H26N2O. The second-order valence-electron chi connectivity index (χ2n) is 6.59. The van der Waals surface area contributed by atoms with E-state index in [2.05, 4.69) is 37.1 Å². The molecule has 1 aliphatic carbocycles. The van der Waals surface area contributed by atoms with Crippen LogP contribution in [-0.4, -0.2) is 31.6 Å². The summed E-state index contributed by atoms with van der Waals surface area (Å²) in [6, 6.07) is 7.05. The number of ether oxygens (including phenoxy) is 1. The number of hydrogen-bond donors (Lipinski definition) is 1. The molecule has 2 atom stereocenters. The van der Waals surface area contributed by atoms with E-state index in [1.54, 1.807) is 0 Å². The van der Waals surface area contributed by atoms with Gasteiger partial charge in [0.2, 0.25) is 0 Å². The first-order chi connectivity index (χ1) is 9.67. The van der Waals surface area contributed by atoms with Crippen LogP contribution in [0.3, 0.4) is 0 Å². The standard InChI is InChI=1S/C17H26N2O/c1-12-3-6-17(20-11-13-4-5-13)15(7-12)16-8-14(9-18)10-19(16)2/h3,6-7,13-14,16H,4-5,8-11,18H2,1-2H3. The predicted molar refractivity (Wildman–Crippen MR) is 81.9 cm³/mol. The summed E-state index contributed by atoms with van der Waals surface area (Å²) < 4.78 is 6.09. The number of hydrogen-bond acceptors (Lipinski definition) is 3. The molecule has 0 radical (unpaired) electrons. The third kappa shape index (κ3) is 2.99. The van der Waals surface area contributed by atoms with E-state index in [1.807, 2.05) is 0 Å². The largest absolute Gasteiger partial charge is 0.493 e. The van der Waals surface area contributed by atoms with Gasteiger partial charge < -0.3 is 10.5 Å². The Kier molecular flexibility index (Phi) is 3.99. The van der Waals surface area contributed by atoms with Gasteiger partial charge in [-0.3, -0.25) is 4.90 Å². The summed E-state index contributed by atoms with van der Waals surface area (Å²) in [5, 5.41) is 0. The van der Waals surface area contributed by atoms with Crippen LogP contribution < -0.4 is 10.5 Å². The van der Waals surface area contributed by atoms with Crippen molar-refractivity contribution in [3.63, 3.8) is 0 Å². The van der Waals surface area contributed by atoms with Crippen LogP contribution in [0.5, 0.6) is 5.75 Å². The Balaban J connectivity index is 1.80. The van der Waals surface area contributed by atoms with E-state index in [1.165, 1.54) is 24.0 Å². The van der Waals surface area contributed by atoms with Gasteiger partial charge >= 0.3 is 0 Å². The highest BCUT2D eigenvalue weighted by Gasteiger charge is 2.32. The van der Waals surface area contributed by atoms with Gasteiger partial charge in [-0.1, -0.05) is 17.7 Å².